The van der Waals surface area contributed by atoms with Crippen LogP contribution in [-0.4, -0.2) is 19.9 Å². The van der Waals surface area contributed by atoms with Crippen molar-refractivity contribution in [3.8, 4) is 45.2 Å². The first-order valence-electron chi connectivity index (χ1n) is 12.1. The molecule has 0 unspecified atom stereocenters. The molecule has 4 aromatic carbocycles. The van der Waals surface area contributed by atoms with Crippen LogP contribution in [0.2, 0.25) is 0 Å². The highest BCUT2D eigenvalue weighted by Crippen LogP contribution is 2.37. The topological polar surface area (TPSA) is 64.7 Å². The molecule has 3 aromatic heterocycles. The summed E-state index contributed by atoms with van der Waals surface area (Å²) in [5.41, 5.74) is 7.70. The molecule has 5 heteroatoms. The first-order chi connectivity index (χ1) is 18.3. The highest BCUT2D eigenvalue weighted by molar-refractivity contribution is 6.10. The third-order valence-corrected chi connectivity index (χ3v) is 6.43. The van der Waals surface area contributed by atoms with Crippen LogP contribution in [0, 0.1) is 0 Å². The van der Waals surface area contributed by atoms with Gasteiger partial charge in [-0.25, -0.2) is 4.98 Å². The number of para-hydroxylation sites is 1. The lowest BCUT2D eigenvalue weighted by molar-refractivity contribution is 0.653. The lowest BCUT2D eigenvalue weighted by Crippen LogP contribution is -1.95. The van der Waals surface area contributed by atoms with E-state index < -0.39 is 0 Å². The van der Waals surface area contributed by atoms with E-state index in [2.05, 4.69) is 34.2 Å². The molecular formula is C32H20N4O. The van der Waals surface area contributed by atoms with E-state index >= 15 is 0 Å². The van der Waals surface area contributed by atoms with Crippen molar-refractivity contribution in [2.45, 2.75) is 0 Å². The van der Waals surface area contributed by atoms with Gasteiger partial charge in [-0.15, -0.1) is 0 Å². The zero-order valence-corrected chi connectivity index (χ0v) is 19.7. The number of nitrogens with zero attached hydrogens (tertiary/aromatic N) is 4. The quantitative estimate of drug-likeness (QED) is 0.259. The van der Waals surface area contributed by atoms with Crippen LogP contribution in [0.1, 0.15) is 0 Å². The fourth-order valence-corrected chi connectivity index (χ4v) is 4.72. The molecule has 0 atom stereocenters. The highest BCUT2D eigenvalue weighted by Gasteiger charge is 2.18. The maximum Gasteiger partial charge on any atom is 0.231 e. The number of hydrogen-bond donors (Lipinski definition) is 0. The number of rotatable bonds is 4. The average Bonchev–Trinajstić information content (AvgIpc) is 3.36. The number of hydrogen-bond acceptors (Lipinski definition) is 5. The zero-order chi connectivity index (χ0) is 24.6. The molecule has 0 fully saturated rings. The van der Waals surface area contributed by atoms with E-state index in [1.807, 2.05) is 84.9 Å². The Morgan fingerprint density at radius 2 is 1.08 bits per heavy atom. The van der Waals surface area contributed by atoms with Crippen molar-refractivity contribution in [3.63, 3.8) is 0 Å². The molecule has 0 radical (unpaired) electrons. The van der Waals surface area contributed by atoms with E-state index in [0.717, 1.165) is 55.7 Å². The van der Waals surface area contributed by atoms with E-state index in [-0.39, 0.29) is 0 Å². The molecule has 0 saturated carbocycles. The smallest absolute Gasteiger partial charge is 0.231 e. The second kappa shape index (κ2) is 8.81. The molecule has 0 aliphatic carbocycles. The molecule has 0 aliphatic heterocycles. The van der Waals surface area contributed by atoms with Crippen molar-refractivity contribution in [2.75, 3.05) is 0 Å². The monoisotopic (exact) mass is 476 g/mol. The SMILES string of the molecule is c1ccc(-c2nccnc2-c2cccc(-c3nc(-c4ccccc4)c4c(n3)oc3ccccc34)c2)cc1. The Morgan fingerprint density at radius 1 is 0.486 bits per heavy atom. The first-order valence-corrected chi connectivity index (χ1v) is 12.1. The second-order valence-electron chi connectivity index (χ2n) is 8.74. The standard InChI is InChI=1S/C32H20N4O/c1-3-10-21(11-4-1)28-27-25-16-7-8-17-26(25)37-32(27)36-31(35-28)24-15-9-14-23(20-24)30-29(33-18-19-34-30)22-12-5-2-6-13-22/h1-20H. The molecule has 3 heterocycles. The van der Waals surface area contributed by atoms with Gasteiger partial charge >= 0.3 is 0 Å². The van der Waals surface area contributed by atoms with E-state index in [4.69, 9.17) is 14.4 Å². The van der Waals surface area contributed by atoms with Gasteiger partial charge in [0.1, 0.15) is 5.58 Å². The molecule has 0 N–H and O–H groups in total. The number of aromatic nitrogens is 4. The van der Waals surface area contributed by atoms with Crippen molar-refractivity contribution < 1.29 is 4.42 Å². The van der Waals surface area contributed by atoms with Crippen LogP contribution in [0.5, 0.6) is 0 Å². The summed E-state index contributed by atoms with van der Waals surface area (Å²) in [5, 5.41) is 1.92. The maximum absolute atomic E-state index is 6.20. The van der Waals surface area contributed by atoms with Gasteiger partial charge in [0.15, 0.2) is 5.82 Å². The number of furan rings is 1. The second-order valence-corrected chi connectivity index (χ2v) is 8.74. The van der Waals surface area contributed by atoms with Crippen molar-refractivity contribution in [1.82, 2.24) is 19.9 Å². The summed E-state index contributed by atoms with van der Waals surface area (Å²) in [7, 11) is 0. The van der Waals surface area contributed by atoms with Gasteiger partial charge in [0, 0.05) is 40.0 Å². The Kier molecular flexibility index (Phi) is 5.03. The van der Waals surface area contributed by atoms with Crippen LogP contribution < -0.4 is 0 Å². The van der Waals surface area contributed by atoms with Gasteiger partial charge in [-0.2, -0.15) is 4.98 Å². The molecule has 174 valence electrons. The minimum absolute atomic E-state index is 0.569. The summed E-state index contributed by atoms with van der Waals surface area (Å²) in [4.78, 5) is 19.3. The predicted octanol–water partition coefficient (Wildman–Crippen LogP) is 7.83. The Balaban J connectivity index is 1.43. The van der Waals surface area contributed by atoms with Crippen molar-refractivity contribution >= 4 is 22.1 Å². The number of benzene rings is 4. The Hall–Kier alpha value is -5.16. The fraction of sp³-hybridized carbons (Fsp3) is 0. The van der Waals surface area contributed by atoms with Crippen LogP contribution in [0.4, 0.5) is 0 Å². The van der Waals surface area contributed by atoms with Crippen LogP contribution >= 0.6 is 0 Å². The molecule has 0 spiro atoms. The summed E-state index contributed by atoms with van der Waals surface area (Å²) >= 11 is 0. The van der Waals surface area contributed by atoms with Gasteiger partial charge in [-0.1, -0.05) is 97.1 Å². The van der Waals surface area contributed by atoms with Crippen molar-refractivity contribution in [3.05, 3.63) is 122 Å². The van der Waals surface area contributed by atoms with Gasteiger partial charge in [-0.3, -0.25) is 9.97 Å². The normalized spacial score (nSPS) is 11.2. The number of fused-ring (bicyclic) bond motifs is 3. The first kappa shape index (κ1) is 21.1. The molecule has 0 amide bonds. The Bertz CT molecular complexity index is 1880. The van der Waals surface area contributed by atoms with Crippen LogP contribution in [0.25, 0.3) is 67.2 Å². The van der Waals surface area contributed by atoms with Gasteiger partial charge in [0.25, 0.3) is 0 Å². The van der Waals surface area contributed by atoms with Crippen LogP contribution in [-0.2, 0) is 0 Å². The van der Waals surface area contributed by atoms with Crippen LogP contribution in [0.3, 0.4) is 0 Å². The summed E-state index contributed by atoms with van der Waals surface area (Å²) < 4.78 is 6.20. The minimum atomic E-state index is 0.569. The third-order valence-electron chi connectivity index (χ3n) is 6.43. The lowest BCUT2D eigenvalue weighted by Gasteiger charge is -2.10. The van der Waals surface area contributed by atoms with E-state index in [1.165, 1.54) is 0 Å². The molecule has 0 saturated heterocycles. The van der Waals surface area contributed by atoms with E-state index in [1.54, 1.807) is 12.4 Å². The summed E-state index contributed by atoms with van der Waals surface area (Å²) in [6.45, 7) is 0. The zero-order valence-electron chi connectivity index (χ0n) is 19.7. The van der Waals surface area contributed by atoms with Gasteiger partial charge in [-0.05, 0) is 12.1 Å². The molecule has 7 aromatic rings. The van der Waals surface area contributed by atoms with E-state index in [0.29, 0.717) is 11.5 Å². The largest absolute Gasteiger partial charge is 0.438 e. The fourth-order valence-electron chi connectivity index (χ4n) is 4.72. The Labute approximate surface area is 213 Å². The molecule has 5 nitrogen and oxygen atoms in total. The molecule has 0 aliphatic rings. The maximum atomic E-state index is 6.20. The highest BCUT2D eigenvalue weighted by atomic mass is 16.3. The lowest BCUT2D eigenvalue weighted by atomic mass is 10.0. The molecule has 37 heavy (non-hydrogen) atoms. The van der Waals surface area contributed by atoms with Crippen molar-refractivity contribution in [1.29, 1.82) is 0 Å². The third kappa shape index (κ3) is 3.74. The van der Waals surface area contributed by atoms with Crippen LogP contribution in [0.15, 0.2) is 126 Å². The summed E-state index contributed by atoms with van der Waals surface area (Å²) in [5.74, 6) is 0.595. The summed E-state index contributed by atoms with van der Waals surface area (Å²) in [6, 6.07) is 36.4. The van der Waals surface area contributed by atoms with E-state index in [9.17, 15) is 0 Å². The van der Waals surface area contributed by atoms with Gasteiger partial charge < -0.3 is 4.42 Å². The average molecular weight is 477 g/mol. The van der Waals surface area contributed by atoms with Crippen molar-refractivity contribution in [2.24, 2.45) is 0 Å². The molecule has 7 rings (SSSR count). The Morgan fingerprint density at radius 3 is 1.84 bits per heavy atom. The molecule has 0 bridgehead atoms. The van der Waals surface area contributed by atoms with Gasteiger partial charge in [0.2, 0.25) is 5.71 Å². The predicted molar refractivity (Wildman–Crippen MR) is 147 cm³/mol. The molecular weight excluding hydrogens is 456 g/mol. The van der Waals surface area contributed by atoms with Gasteiger partial charge in [0.05, 0.1) is 22.5 Å². The summed E-state index contributed by atoms with van der Waals surface area (Å²) in [6.07, 6.45) is 3.44. The minimum Gasteiger partial charge on any atom is -0.438 e.